The Balaban J connectivity index is 2.21. The molecule has 0 radical (unpaired) electrons. The Morgan fingerprint density at radius 3 is 2.23 bits per heavy atom. The van der Waals surface area contributed by atoms with E-state index < -0.39 is 9.84 Å². The largest absolute Gasteiger partial charge is 0.293 e. The summed E-state index contributed by atoms with van der Waals surface area (Å²) >= 11 is 0. The van der Waals surface area contributed by atoms with Crippen molar-refractivity contribution in [2.45, 2.75) is 44.0 Å². The van der Waals surface area contributed by atoms with Gasteiger partial charge in [-0.05, 0) is 27.2 Å². The highest BCUT2D eigenvalue weighted by Gasteiger charge is 2.50. The zero-order valence-electron chi connectivity index (χ0n) is 8.45. The standard InChI is InChI=1S/C9H17NO2S/c1-9(2,3)10-5-8-4-7(10)6-13(8,11)12/h7-8H,4-6H2,1-3H3. The van der Waals surface area contributed by atoms with Gasteiger partial charge in [0, 0.05) is 18.1 Å². The second-order valence-electron chi connectivity index (χ2n) is 5.16. The molecule has 0 aliphatic carbocycles. The Hall–Kier alpha value is -0.0900. The van der Waals surface area contributed by atoms with Crippen molar-refractivity contribution in [3.8, 4) is 0 Å². The molecule has 2 rings (SSSR count). The van der Waals surface area contributed by atoms with Crippen LogP contribution in [-0.2, 0) is 9.84 Å². The van der Waals surface area contributed by atoms with Crippen molar-refractivity contribution >= 4 is 9.84 Å². The SMILES string of the molecule is CC(C)(C)N1CC2CC1CS2(=O)=O. The van der Waals surface area contributed by atoms with Crippen molar-refractivity contribution in [1.82, 2.24) is 4.90 Å². The van der Waals surface area contributed by atoms with E-state index >= 15 is 0 Å². The van der Waals surface area contributed by atoms with Gasteiger partial charge in [0.1, 0.15) is 0 Å². The molecule has 0 N–H and O–H groups in total. The van der Waals surface area contributed by atoms with Crippen LogP contribution < -0.4 is 0 Å². The number of sulfone groups is 1. The molecule has 2 saturated heterocycles. The van der Waals surface area contributed by atoms with Crippen molar-refractivity contribution in [3.05, 3.63) is 0 Å². The number of hydrogen-bond acceptors (Lipinski definition) is 3. The van der Waals surface area contributed by atoms with E-state index in [2.05, 4.69) is 25.7 Å². The van der Waals surface area contributed by atoms with Crippen molar-refractivity contribution in [2.24, 2.45) is 0 Å². The van der Waals surface area contributed by atoms with E-state index in [0.29, 0.717) is 5.75 Å². The quantitative estimate of drug-likeness (QED) is 0.580. The molecule has 2 fully saturated rings. The molecule has 2 heterocycles. The van der Waals surface area contributed by atoms with Crippen LogP contribution in [0.25, 0.3) is 0 Å². The van der Waals surface area contributed by atoms with Crippen molar-refractivity contribution in [3.63, 3.8) is 0 Å². The third-order valence-corrected chi connectivity index (χ3v) is 5.38. The first kappa shape index (κ1) is 9.46. The highest BCUT2D eigenvalue weighted by molar-refractivity contribution is 7.92. The fraction of sp³-hybridized carbons (Fsp3) is 1.00. The lowest BCUT2D eigenvalue weighted by Crippen LogP contribution is -2.50. The van der Waals surface area contributed by atoms with Crippen LogP contribution in [0, 0.1) is 0 Å². The first-order valence-electron chi connectivity index (χ1n) is 4.79. The molecule has 2 atom stereocenters. The van der Waals surface area contributed by atoms with Gasteiger partial charge in [0.2, 0.25) is 0 Å². The lowest BCUT2D eigenvalue weighted by molar-refractivity contribution is 0.129. The van der Waals surface area contributed by atoms with E-state index in [1.165, 1.54) is 0 Å². The minimum atomic E-state index is -2.72. The highest BCUT2D eigenvalue weighted by atomic mass is 32.2. The van der Waals surface area contributed by atoms with Gasteiger partial charge in [0.15, 0.2) is 9.84 Å². The van der Waals surface area contributed by atoms with Gasteiger partial charge in [0.05, 0.1) is 11.0 Å². The van der Waals surface area contributed by atoms with E-state index in [-0.39, 0.29) is 16.8 Å². The lowest BCUT2D eigenvalue weighted by Gasteiger charge is -2.38. The van der Waals surface area contributed by atoms with Crippen LogP contribution in [0.3, 0.4) is 0 Å². The van der Waals surface area contributed by atoms with E-state index in [4.69, 9.17) is 0 Å². The molecule has 3 nitrogen and oxygen atoms in total. The Labute approximate surface area is 80.0 Å². The molecule has 4 heteroatoms. The van der Waals surface area contributed by atoms with Gasteiger partial charge in [-0.2, -0.15) is 0 Å². The molecular weight excluding hydrogens is 186 g/mol. The molecule has 0 saturated carbocycles. The fourth-order valence-electron chi connectivity index (χ4n) is 2.52. The zero-order chi connectivity index (χ0) is 9.85. The van der Waals surface area contributed by atoms with Crippen molar-refractivity contribution in [1.29, 1.82) is 0 Å². The summed E-state index contributed by atoms with van der Waals surface area (Å²) in [4.78, 5) is 2.33. The third kappa shape index (κ3) is 1.40. The average Bonchev–Trinajstić information content (AvgIpc) is 2.38. The Bertz CT molecular complexity index is 315. The third-order valence-electron chi connectivity index (χ3n) is 3.17. The van der Waals surface area contributed by atoms with Gasteiger partial charge in [-0.3, -0.25) is 4.90 Å². The van der Waals surface area contributed by atoms with E-state index in [1.54, 1.807) is 0 Å². The molecule has 2 aliphatic heterocycles. The monoisotopic (exact) mass is 203 g/mol. The first-order valence-corrected chi connectivity index (χ1v) is 6.50. The molecule has 0 amide bonds. The molecule has 2 bridgehead atoms. The number of likely N-dealkylation sites (tertiary alicyclic amines) is 1. The van der Waals surface area contributed by atoms with Gasteiger partial charge in [0.25, 0.3) is 0 Å². The van der Waals surface area contributed by atoms with Crippen LogP contribution >= 0.6 is 0 Å². The topological polar surface area (TPSA) is 37.4 Å². The van der Waals surface area contributed by atoms with E-state index in [1.807, 2.05) is 0 Å². The number of rotatable bonds is 0. The summed E-state index contributed by atoms with van der Waals surface area (Å²) in [6.45, 7) is 7.21. The normalized spacial score (nSPS) is 38.4. The van der Waals surface area contributed by atoms with Crippen molar-refractivity contribution < 1.29 is 8.42 Å². The molecule has 2 aliphatic rings. The summed E-state index contributed by atoms with van der Waals surface area (Å²) in [6, 6.07) is 0.287. The van der Waals surface area contributed by atoms with Crippen LogP contribution in [0.15, 0.2) is 0 Å². The lowest BCUT2D eigenvalue weighted by atomic mass is 10.1. The molecule has 0 aromatic carbocycles. The summed E-state index contributed by atoms with van der Waals surface area (Å²) < 4.78 is 22.9. The second kappa shape index (κ2) is 2.48. The Morgan fingerprint density at radius 1 is 1.31 bits per heavy atom. The molecule has 13 heavy (non-hydrogen) atoms. The summed E-state index contributed by atoms with van der Waals surface area (Å²) in [5.41, 5.74) is 0.120. The minimum absolute atomic E-state index is 0.0725. The smallest absolute Gasteiger partial charge is 0.156 e. The number of nitrogens with zero attached hydrogens (tertiary/aromatic N) is 1. The van der Waals surface area contributed by atoms with Crippen LogP contribution in [0.1, 0.15) is 27.2 Å². The van der Waals surface area contributed by atoms with Crippen LogP contribution in [0.2, 0.25) is 0 Å². The molecule has 0 aromatic heterocycles. The Kier molecular flexibility index (Phi) is 1.81. The summed E-state index contributed by atoms with van der Waals surface area (Å²) in [5, 5.41) is -0.0725. The zero-order valence-corrected chi connectivity index (χ0v) is 9.26. The van der Waals surface area contributed by atoms with Crippen LogP contribution in [0.5, 0.6) is 0 Å². The van der Waals surface area contributed by atoms with Gasteiger partial charge in [-0.1, -0.05) is 0 Å². The van der Waals surface area contributed by atoms with Gasteiger partial charge in [-0.25, -0.2) is 8.42 Å². The predicted molar refractivity (Wildman–Crippen MR) is 52.4 cm³/mol. The summed E-state index contributed by atoms with van der Waals surface area (Å²) in [5.74, 6) is 0.384. The molecular formula is C9H17NO2S. The minimum Gasteiger partial charge on any atom is -0.293 e. The first-order chi connectivity index (χ1) is 5.81. The molecule has 0 spiro atoms. The maximum atomic E-state index is 11.5. The summed E-state index contributed by atoms with van der Waals surface area (Å²) in [6.07, 6.45) is 0.861. The van der Waals surface area contributed by atoms with Crippen LogP contribution in [0.4, 0.5) is 0 Å². The fourth-order valence-corrected chi connectivity index (χ4v) is 4.55. The molecule has 76 valence electrons. The van der Waals surface area contributed by atoms with Crippen molar-refractivity contribution in [2.75, 3.05) is 12.3 Å². The highest BCUT2D eigenvalue weighted by Crippen LogP contribution is 2.36. The molecule has 2 unspecified atom stereocenters. The Morgan fingerprint density at radius 2 is 1.92 bits per heavy atom. The van der Waals surface area contributed by atoms with E-state index in [0.717, 1.165) is 13.0 Å². The van der Waals surface area contributed by atoms with Gasteiger partial charge < -0.3 is 0 Å². The predicted octanol–water partition coefficient (Wildman–Crippen LogP) is 0.656. The van der Waals surface area contributed by atoms with Crippen LogP contribution in [-0.4, -0.2) is 42.4 Å². The summed E-state index contributed by atoms with van der Waals surface area (Å²) in [7, 11) is -2.72. The van der Waals surface area contributed by atoms with E-state index in [9.17, 15) is 8.42 Å². The number of fused-ring (bicyclic) bond motifs is 2. The molecule has 0 aromatic rings. The van der Waals surface area contributed by atoms with Gasteiger partial charge >= 0.3 is 0 Å². The number of hydrogen-bond donors (Lipinski definition) is 0. The van der Waals surface area contributed by atoms with Gasteiger partial charge in [-0.15, -0.1) is 0 Å². The maximum Gasteiger partial charge on any atom is 0.156 e. The maximum absolute atomic E-state index is 11.5. The second-order valence-corrected chi connectivity index (χ2v) is 7.49. The average molecular weight is 203 g/mol.